The van der Waals surface area contributed by atoms with Gasteiger partial charge in [0.1, 0.15) is 18.1 Å². The highest BCUT2D eigenvalue weighted by Crippen LogP contribution is 2.24. The zero-order valence-corrected chi connectivity index (χ0v) is 16.5. The third-order valence-electron chi connectivity index (χ3n) is 4.10. The van der Waals surface area contributed by atoms with Gasteiger partial charge in [0.2, 0.25) is 0 Å². The Morgan fingerprint density at radius 2 is 1.96 bits per heavy atom. The van der Waals surface area contributed by atoms with Gasteiger partial charge in [0.05, 0.1) is 15.6 Å². The number of aryl methyl sites for hydroxylation is 3. The normalized spacial score (nSPS) is 10.7. The fourth-order valence-corrected chi connectivity index (χ4v) is 2.80. The van der Waals surface area contributed by atoms with Gasteiger partial charge in [-0.2, -0.15) is 0 Å². The van der Waals surface area contributed by atoms with Gasteiger partial charge in [-0.15, -0.1) is 0 Å². The Hall–Kier alpha value is -2.57. The molecule has 27 heavy (non-hydrogen) atoms. The van der Waals surface area contributed by atoms with E-state index in [1.807, 2.05) is 32.0 Å². The summed E-state index contributed by atoms with van der Waals surface area (Å²) in [6, 6.07) is 7.29. The topological polar surface area (TPSA) is 77.2 Å². The van der Waals surface area contributed by atoms with Gasteiger partial charge in [0, 0.05) is 6.20 Å². The second-order valence-corrected chi connectivity index (χ2v) is 6.88. The van der Waals surface area contributed by atoms with E-state index in [1.54, 1.807) is 6.92 Å². The quantitative estimate of drug-likeness (QED) is 0.636. The van der Waals surface area contributed by atoms with Gasteiger partial charge in [-0.05, 0) is 50.1 Å². The number of amides is 1. The van der Waals surface area contributed by atoms with Crippen molar-refractivity contribution in [2.45, 2.75) is 27.4 Å². The summed E-state index contributed by atoms with van der Waals surface area (Å²) >= 11 is 11.9. The van der Waals surface area contributed by atoms with Gasteiger partial charge < -0.3 is 14.6 Å². The van der Waals surface area contributed by atoms with Crippen molar-refractivity contribution in [1.82, 2.24) is 10.1 Å². The number of hydrogen-bond donors (Lipinski definition) is 1. The molecule has 0 atom stereocenters. The van der Waals surface area contributed by atoms with Crippen molar-refractivity contribution < 1.29 is 14.1 Å². The Balaban J connectivity index is 1.77. The van der Waals surface area contributed by atoms with E-state index in [-0.39, 0.29) is 23.1 Å². The molecule has 3 aromatic rings. The van der Waals surface area contributed by atoms with Gasteiger partial charge >= 0.3 is 0 Å². The van der Waals surface area contributed by atoms with E-state index < -0.39 is 5.91 Å². The molecule has 0 bridgehead atoms. The predicted octanol–water partition coefficient (Wildman–Crippen LogP) is 5.13. The highest BCUT2D eigenvalue weighted by atomic mass is 35.5. The molecule has 6 nitrogen and oxygen atoms in total. The molecule has 0 saturated carbocycles. The van der Waals surface area contributed by atoms with Crippen LogP contribution in [0.5, 0.6) is 5.75 Å². The molecule has 0 saturated heterocycles. The van der Waals surface area contributed by atoms with E-state index in [2.05, 4.69) is 15.5 Å². The molecule has 3 rings (SSSR count). The van der Waals surface area contributed by atoms with Crippen LogP contribution in [0.4, 0.5) is 5.82 Å². The number of anilines is 1. The second kappa shape index (κ2) is 7.98. The Labute approximate surface area is 166 Å². The lowest BCUT2D eigenvalue weighted by molar-refractivity contribution is 0.101. The molecule has 0 unspecified atom stereocenters. The number of ether oxygens (including phenoxy) is 1. The van der Waals surface area contributed by atoms with Crippen LogP contribution < -0.4 is 10.1 Å². The average molecular weight is 406 g/mol. The molecule has 0 fully saturated rings. The van der Waals surface area contributed by atoms with Crippen molar-refractivity contribution in [3.63, 3.8) is 0 Å². The SMILES string of the molecule is Cc1ccc(OCc2c(C(=O)Nc3ncc(Cl)cc3Cl)noc2C)cc1C. The molecule has 140 valence electrons. The van der Waals surface area contributed by atoms with E-state index in [1.165, 1.54) is 17.8 Å². The Morgan fingerprint density at radius 3 is 2.67 bits per heavy atom. The van der Waals surface area contributed by atoms with E-state index in [0.717, 1.165) is 5.56 Å². The maximum atomic E-state index is 12.6. The molecule has 0 aliphatic carbocycles. The first-order chi connectivity index (χ1) is 12.8. The number of pyridine rings is 1. The van der Waals surface area contributed by atoms with Crippen LogP contribution in [0.3, 0.4) is 0 Å². The van der Waals surface area contributed by atoms with E-state index in [0.29, 0.717) is 22.1 Å². The summed E-state index contributed by atoms with van der Waals surface area (Å²) < 4.78 is 11.0. The summed E-state index contributed by atoms with van der Waals surface area (Å²) in [7, 11) is 0. The Bertz CT molecular complexity index is 1000. The number of carbonyl (C=O) groups is 1. The van der Waals surface area contributed by atoms with Crippen molar-refractivity contribution in [2.24, 2.45) is 0 Å². The van der Waals surface area contributed by atoms with Crippen LogP contribution in [0.1, 0.15) is 32.9 Å². The van der Waals surface area contributed by atoms with Crippen LogP contribution in [0.25, 0.3) is 0 Å². The number of hydrogen-bond acceptors (Lipinski definition) is 5. The standard InChI is InChI=1S/C19H17Cl2N3O3/c1-10-4-5-14(6-11(10)2)26-9-15-12(3)27-24-17(15)19(25)23-18-16(21)7-13(20)8-22-18/h4-8H,9H2,1-3H3,(H,22,23,25). The molecule has 2 heterocycles. The fourth-order valence-electron chi connectivity index (χ4n) is 2.37. The van der Waals surface area contributed by atoms with Crippen LogP contribution in [-0.4, -0.2) is 16.0 Å². The zero-order valence-electron chi connectivity index (χ0n) is 15.0. The summed E-state index contributed by atoms with van der Waals surface area (Å²) in [5, 5.41) is 7.04. The molecule has 0 spiro atoms. The van der Waals surface area contributed by atoms with Gasteiger partial charge in [0.15, 0.2) is 11.5 Å². The summed E-state index contributed by atoms with van der Waals surface area (Å²) in [5.74, 6) is 0.890. The number of halogens is 2. The van der Waals surface area contributed by atoms with E-state index in [9.17, 15) is 4.79 Å². The van der Waals surface area contributed by atoms with Crippen molar-refractivity contribution in [3.05, 3.63) is 68.7 Å². The third kappa shape index (κ3) is 4.40. The molecule has 8 heteroatoms. The van der Waals surface area contributed by atoms with Gasteiger partial charge in [0.25, 0.3) is 5.91 Å². The lowest BCUT2D eigenvalue weighted by atomic mass is 10.1. The van der Waals surface area contributed by atoms with Crippen LogP contribution in [0.2, 0.25) is 10.0 Å². The van der Waals surface area contributed by atoms with Crippen molar-refractivity contribution in [2.75, 3.05) is 5.32 Å². The zero-order chi connectivity index (χ0) is 19.6. The lowest BCUT2D eigenvalue weighted by Gasteiger charge is -2.09. The third-order valence-corrected chi connectivity index (χ3v) is 4.60. The van der Waals surface area contributed by atoms with Crippen LogP contribution >= 0.6 is 23.2 Å². The van der Waals surface area contributed by atoms with Crippen molar-refractivity contribution in [1.29, 1.82) is 0 Å². The van der Waals surface area contributed by atoms with E-state index in [4.69, 9.17) is 32.5 Å². The largest absolute Gasteiger partial charge is 0.489 e. The first-order valence-corrected chi connectivity index (χ1v) is 8.88. The number of nitrogens with one attached hydrogen (secondary N) is 1. The lowest BCUT2D eigenvalue weighted by Crippen LogP contribution is -2.16. The van der Waals surface area contributed by atoms with Crippen LogP contribution in [0, 0.1) is 20.8 Å². The minimum atomic E-state index is -0.498. The number of benzene rings is 1. The summed E-state index contributed by atoms with van der Waals surface area (Å²) in [6.07, 6.45) is 1.39. The van der Waals surface area contributed by atoms with Crippen molar-refractivity contribution >= 4 is 34.9 Å². The molecule has 1 amide bonds. The maximum absolute atomic E-state index is 12.6. The molecule has 1 aromatic carbocycles. The van der Waals surface area contributed by atoms with Crippen LogP contribution in [0.15, 0.2) is 35.0 Å². The van der Waals surface area contributed by atoms with Crippen LogP contribution in [-0.2, 0) is 6.61 Å². The molecule has 1 N–H and O–H groups in total. The monoisotopic (exact) mass is 405 g/mol. The van der Waals surface area contributed by atoms with Gasteiger partial charge in [-0.3, -0.25) is 4.79 Å². The first-order valence-electron chi connectivity index (χ1n) is 8.12. The molecule has 0 aliphatic rings. The molecule has 0 aliphatic heterocycles. The molecule has 2 aromatic heterocycles. The Kier molecular flexibility index (Phi) is 5.68. The minimum Gasteiger partial charge on any atom is -0.489 e. The van der Waals surface area contributed by atoms with Gasteiger partial charge in [-0.25, -0.2) is 4.98 Å². The molecular weight excluding hydrogens is 389 g/mol. The minimum absolute atomic E-state index is 0.115. The summed E-state index contributed by atoms with van der Waals surface area (Å²) in [6.45, 7) is 5.90. The van der Waals surface area contributed by atoms with E-state index >= 15 is 0 Å². The predicted molar refractivity (Wildman–Crippen MR) is 104 cm³/mol. The molecule has 0 radical (unpaired) electrons. The van der Waals surface area contributed by atoms with Crippen molar-refractivity contribution in [3.8, 4) is 5.75 Å². The highest BCUT2D eigenvalue weighted by Gasteiger charge is 2.21. The van der Waals surface area contributed by atoms with Gasteiger partial charge in [-0.1, -0.05) is 34.4 Å². The summed E-state index contributed by atoms with van der Waals surface area (Å²) in [4.78, 5) is 16.6. The number of rotatable bonds is 5. The summed E-state index contributed by atoms with van der Waals surface area (Å²) in [5.41, 5.74) is 2.96. The number of nitrogens with zero attached hydrogens (tertiary/aromatic N) is 2. The number of aromatic nitrogens is 2. The number of carbonyl (C=O) groups excluding carboxylic acids is 1. The first kappa shape index (κ1) is 19.2. The fraction of sp³-hybridized carbons (Fsp3) is 0.211. The maximum Gasteiger partial charge on any atom is 0.279 e. The molecular formula is C19H17Cl2N3O3. The Morgan fingerprint density at radius 1 is 1.19 bits per heavy atom. The second-order valence-electron chi connectivity index (χ2n) is 6.04. The highest BCUT2D eigenvalue weighted by molar-refractivity contribution is 6.36. The average Bonchev–Trinajstić information content (AvgIpc) is 2.99. The smallest absolute Gasteiger partial charge is 0.279 e.